The van der Waals surface area contributed by atoms with E-state index in [1.807, 2.05) is 54.6 Å². The highest BCUT2D eigenvalue weighted by Crippen LogP contribution is 2.36. The van der Waals surface area contributed by atoms with Gasteiger partial charge in [0.15, 0.2) is 0 Å². The molecule has 0 N–H and O–H groups in total. The van der Waals surface area contributed by atoms with Gasteiger partial charge in [-0.25, -0.2) is 0 Å². The molecule has 0 spiro atoms. The molecule has 226 valence electrons. The summed E-state index contributed by atoms with van der Waals surface area (Å²) in [7, 11) is 3.30. The van der Waals surface area contributed by atoms with Gasteiger partial charge in [-0.1, -0.05) is 60.7 Å². The average molecular weight is 589 g/mol. The Morgan fingerprint density at radius 3 is 1.56 bits per heavy atom. The molecule has 0 fully saturated rings. The number of unbranched alkanes of at least 4 members (excludes halogenated alkanes) is 2. The van der Waals surface area contributed by atoms with Gasteiger partial charge in [0.1, 0.15) is 30.5 Å². The summed E-state index contributed by atoms with van der Waals surface area (Å²) in [5.74, 6) is 2.33. The number of benzene rings is 4. The third-order valence-electron chi connectivity index (χ3n) is 6.82. The second-order valence-corrected chi connectivity index (χ2v) is 9.86. The normalized spacial score (nSPS) is 10.8. The molecule has 0 aliphatic carbocycles. The third-order valence-corrected chi connectivity index (χ3v) is 6.82. The summed E-state index contributed by atoms with van der Waals surface area (Å²) in [6.45, 7) is 2.50. The Labute approximate surface area is 252 Å². The van der Waals surface area contributed by atoms with E-state index in [0.29, 0.717) is 52.3 Å². The van der Waals surface area contributed by atoms with Crippen LogP contribution in [0.25, 0.3) is 33.4 Å². The molecule has 0 saturated heterocycles. The van der Waals surface area contributed by atoms with Crippen LogP contribution in [0.4, 0.5) is 8.78 Å². The van der Waals surface area contributed by atoms with Crippen molar-refractivity contribution < 1.29 is 32.5 Å². The van der Waals surface area contributed by atoms with E-state index in [4.69, 9.17) is 23.7 Å². The number of ether oxygens (including phenoxy) is 5. The first-order valence-electron chi connectivity index (χ1n) is 14.4. The topological polar surface area (TPSA) is 46.2 Å². The molecule has 43 heavy (non-hydrogen) atoms. The smallest absolute Gasteiger partial charge is 0.266 e. The molecule has 0 amide bonds. The largest absolute Gasteiger partial charge is 0.493 e. The van der Waals surface area contributed by atoms with E-state index in [0.717, 1.165) is 56.7 Å². The van der Waals surface area contributed by atoms with E-state index in [2.05, 4.69) is 36.4 Å². The SMILES string of the molecule is COCCOc1ccc(-c2ccc(-c3ccc(-c4ccc(OCCOC)cc4)cc3OCCCCC=C(F)F)cc2)cc1. The second kappa shape index (κ2) is 17.0. The first-order chi connectivity index (χ1) is 21.1. The molecule has 4 rings (SSSR count). The molecule has 0 aliphatic rings. The van der Waals surface area contributed by atoms with Crippen LogP contribution in [0.5, 0.6) is 17.2 Å². The average Bonchev–Trinajstić information content (AvgIpc) is 3.03. The van der Waals surface area contributed by atoms with Crippen LogP contribution in [-0.2, 0) is 9.47 Å². The summed E-state index contributed by atoms with van der Waals surface area (Å²) in [4.78, 5) is 0. The first kappa shape index (κ1) is 31.7. The highest BCUT2D eigenvalue weighted by Gasteiger charge is 2.11. The van der Waals surface area contributed by atoms with Crippen molar-refractivity contribution in [1.29, 1.82) is 0 Å². The Morgan fingerprint density at radius 2 is 1.02 bits per heavy atom. The van der Waals surface area contributed by atoms with Gasteiger partial charge in [0, 0.05) is 19.8 Å². The van der Waals surface area contributed by atoms with E-state index in [1.165, 1.54) is 0 Å². The predicted molar refractivity (Wildman–Crippen MR) is 167 cm³/mol. The zero-order valence-electron chi connectivity index (χ0n) is 24.7. The van der Waals surface area contributed by atoms with Gasteiger partial charge in [-0.05, 0) is 83.5 Å². The first-order valence-corrected chi connectivity index (χ1v) is 14.4. The van der Waals surface area contributed by atoms with Gasteiger partial charge < -0.3 is 23.7 Å². The maximum atomic E-state index is 12.4. The standard InChI is InChI=1S/C36H38F2O5/c1-39-22-24-41-32-16-11-28(12-17-32)27-7-9-30(10-8-27)34-20-15-31(26-35(34)43-21-5-3-4-6-36(37)38)29-13-18-33(19-14-29)42-25-23-40-2/h6-20,26H,3-5,21-25H2,1-2H3. The minimum atomic E-state index is -1.64. The Kier molecular flexibility index (Phi) is 12.6. The van der Waals surface area contributed by atoms with Crippen molar-refractivity contribution >= 4 is 0 Å². The highest BCUT2D eigenvalue weighted by molar-refractivity contribution is 5.78. The minimum Gasteiger partial charge on any atom is -0.493 e. The van der Waals surface area contributed by atoms with E-state index >= 15 is 0 Å². The molecular weight excluding hydrogens is 550 g/mol. The summed E-state index contributed by atoms with van der Waals surface area (Å²) < 4.78 is 52.5. The molecule has 4 aromatic carbocycles. The quantitative estimate of drug-likeness (QED) is 0.115. The third kappa shape index (κ3) is 9.94. The molecule has 4 aromatic rings. The van der Waals surface area contributed by atoms with Crippen LogP contribution in [-0.4, -0.2) is 47.3 Å². The maximum absolute atomic E-state index is 12.4. The van der Waals surface area contributed by atoms with Crippen LogP contribution < -0.4 is 14.2 Å². The van der Waals surface area contributed by atoms with Crippen LogP contribution in [0.3, 0.4) is 0 Å². The molecule has 7 heteroatoms. The Morgan fingerprint density at radius 1 is 0.535 bits per heavy atom. The summed E-state index contributed by atoms with van der Waals surface area (Å²) in [5.41, 5.74) is 6.21. The van der Waals surface area contributed by atoms with Crippen molar-refractivity contribution in [3.8, 4) is 50.6 Å². The van der Waals surface area contributed by atoms with Crippen LogP contribution >= 0.6 is 0 Å². The van der Waals surface area contributed by atoms with Gasteiger partial charge >= 0.3 is 0 Å². The maximum Gasteiger partial charge on any atom is 0.266 e. The van der Waals surface area contributed by atoms with E-state index in [1.54, 1.807) is 14.2 Å². The number of allylic oxidation sites excluding steroid dienone is 1. The number of hydrogen-bond donors (Lipinski definition) is 0. The fourth-order valence-corrected chi connectivity index (χ4v) is 4.51. The van der Waals surface area contributed by atoms with Crippen LogP contribution in [0.15, 0.2) is 103 Å². The van der Waals surface area contributed by atoms with E-state index in [-0.39, 0.29) is 0 Å². The Hall–Kier alpha value is -4.20. The van der Waals surface area contributed by atoms with Crippen molar-refractivity contribution in [1.82, 2.24) is 0 Å². The van der Waals surface area contributed by atoms with E-state index < -0.39 is 6.08 Å². The molecule has 0 saturated carbocycles. The van der Waals surface area contributed by atoms with E-state index in [9.17, 15) is 8.78 Å². The Balaban J connectivity index is 1.51. The van der Waals surface area contributed by atoms with Crippen molar-refractivity contribution in [3.05, 3.63) is 103 Å². The van der Waals surface area contributed by atoms with Gasteiger partial charge in [-0.15, -0.1) is 0 Å². The van der Waals surface area contributed by atoms with Gasteiger partial charge in [0.25, 0.3) is 6.08 Å². The number of hydrogen-bond acceptors (Lipinski definition) is 5. The van der Waals surface area contributed by atoms with Crippen molar-refractivity contribution in [3.63, 3.8) is 0 Å². The molecular formula is C36H38F2O5. The summed E-state index contributed by atoms with van der Waals surface area (Å²) in [5, 5.41) is 0. The zero-order valence-corrected chi connectivity index (χ0v) is 24.7. The molecule has 0 aromatic heterocycles. The molecule has 5 nitrogen and oxygen atoms in total. The molecule has 0 aliphatic heterocycles. The lowest BCUT2D eigenvalue weighted by molar-refractivity contribution is 0.146. The van der Waals surface area contributed by atoms with Crippen LogP contribution in [0.2, 0.25) is 0 Å². The number of methoxy groups -OCH3 is 2. The lowest BCUT2D eigenvalue weighted by Gasteiger charge is -2.15. The van der Waals surface area contributed by atoms with Gasteiger partial charge in [-0.3, -0.25) is 0 Å². The van der Waals surface area contributed by atoms with Gasteiger partial charge in [0.05, 0.1) is 19.8 Å². The number of halogens is 2. The van der Waals surface area contributed by atoms with Crippen molar-refractivity contribution in [2.75, 3.05) is 47.3 Å². The summed E-state index contributed by atoms with van der Waals surface area (Å²) in [6, 6.07) is 30.4. The molecule has 0 heterocycles. The molecule has 0 unspecified atom stereocenters. The zero-order chi connectivity index (χ0) is 30.3. The molecule has 0 atom stereocenters. The molecule has 0 radical (unpaired) electrons. The lowest BCUT2D eigenvalue weighted by Crippen LogP contribution is -2.03. The van der Waals surface area contributed by atoms with Crippen molar-refractivity contribution in [2.24, 2.45) is 0 Å². The van der Waals surface area contributed by atoms with Crippen LogP contribution in [0, 0.1) is 0 Å². The fourth-order valence-electron chi connectivity index (χ4n) is 4.51. The summed E-state index contributed by atoms with van der Waals surface area (Å²) in [6.07, 6.45) is 0.949. The minimum absolute atomic E-state index is 0.332. The van der Waals surface area contributed by atoms with Crippen molar-refractivity contribution in [2.45, 2.75) is 19.3 Å². The van der Waals surface area contributed by atoms with Gasteiger partial charge in [-0.2, -0.15) is 8.78 Å². The Bertz CT molecular complexity index is 1410. The molecule has 0 bridgehead atoms. The number of rotatable bonds is 17. The van der Waals surface area contributed by atoms with Gasteiger partial charge in [0.2, 0.25) is 0 Å². The van der Waals surface area contributed by atoms with Crippen LogP contribution in [0.1, 0.15) is 19.3 Å². The summed E-state index contributed by atoms with van der Waals surface area (Å²) >= 11 is 0. The predicted octanol–water partition coefficient (Wildman–Crippen LogP) is 9.07. The highest BCUT2D eigenvalue weighted by atomic mass is 19.3. The second-order valence-electron chi connectivity index (χ2n) is 9.86. The fraction of sp³-hybridized carbons (Fsp3) is 0.278. The lowest BCUT2D eigenvalue weighted by atomic mass is 9.97. The monoisotopic (exact) mass is 588 g/mol.